The zero-order valence-electron chi connectivity index (χ0n) is 14.5. The molecule has 0 unspecified atom stereocenters. The van der Waals surface area contributed by atoms with Crippen LogP contribution in [0.25, 0.3) is 0 Å². The van der Waals surface area contributed by atoms with Gasteiger partial charge in [-0.1, -0.05) is 41.5 Å². The van der Waals surface area contributed by atoms with E-state index in [1.807, 2.05) is 4.90 Å². The van der Waals surface area contributed by atoms with Crippen molar-refractivity contribution in [3.05, 3.63) is 0 Å². The second-order valence-electron chi connectivity index (χ2n) is 8.32. The molecule has 0 aromatic rings. The van der Waals surface area contributed by atoms with E-state index in [0.29, 0.717) is 39.1 Å². The number of nitrogens with zero attached hydrogens (tertiary/aromatic N) is 2. The van der Waals surface area contributed by atoms with Gasteiger partial charge in [0.25, 0.3) is 0 Å². The minimum atomic E-state index is -0.0205. The van der Waals surface area contributed by atoms with E-state index in [0.717, 1.165) is 0 Å². The first-order valence-electron chi connectivity index (χ1n) is 7.78. The summed E-state index contributed by atoms with van der Waals surface area (Å²) in [5, 5.41) is 2.96. The van der Waals surface area contributed by atoms with E-state index in [4.69, 9.17) is 0 Å². The van der Waals surface area contributed by atoms with E-state index < -0.39 is 0 Å². The Morgan fingerprint density at radius 2 is 1.33 bits per heavy atom. The average Bonchev–Trinajstić information content (AvgIpc) is 2.33. The molecular formula is C16H31N3O2. The van der Waals surface area contributed by atoms with Crippen molar-refractivity contribution in [1.82, 2.24) is 15.1 Å². The number of carbonyl (C=O) groups is 2. The van der Waals surface area contributed by atoms with Crippen molar-refractivity contribution in [2.45, 2.75) is 48.0 Å². The van der Waals surface area contributed by atoms with E-state index in [1.54, 1.807) is 4.90 Å². The molecule has 3 amide bonds. The maximum atomic E-state index is 12.2. The summed E-state index contributed by atoms with van der Waals surface area (Å²) in [6, 6.07) is -0.0205. The number of hydrogen-bond donors (Lipinski definition) is 1. The van der Waals surface area contributed by atoms with Crippen LogP contribution in [0.5, 0.6) is 0 Å². The van der Waals surface area contributed by atoms with Gasteiger partial charge in [-0.3, -0.25) is 4.79 Å². The van der Waals surface area contributed by atoms with Crippen LogP contribution in [0.4, 0.5) is 4.79 Å². The van der Waals surface area contributed by atoms with Crippen molar-refractivity contribution in [3.8, 4) is 0 Å². The lowest BCUT2D eigenvalue weighted by molar-refractivity contribution is -0.134. The SMILES string of the molecule is CC(C)(C)CNC(=O)N1CCN(C(=O)CC(C)(C)C)CC1. The molecule has 0 bridgehead atoms. The van der Waals surface area contributed by atoms with Crippen molar-refractivity contribution >= 4 is 11.9 Å². The third kappa shape index (κ3) is 6.82. The quantitative estimate of drug-likeness (QED) is 0.850. The Balaban J connectivity index is 2.38. The van der Waals surface area contributed by atoms with Gasteiger partial charge in [-0.05, 0) is 10.8 Å². The van der Waals surface area contributed by atoms with Crippen molar-refractivity contribution in [3.63, 3.8) is 0 Å². The molecule has 0 aromatic heterocycles. The van der Waals surface area contributed by atoms with E-state index >= 15 is 0 Å². The van der Waals surface area contributed by atoms with Crippen LogP contribution >= 0.6 is 0 Å². The summed E-state index contributed by atoms with van der Waals surface area (Å²) in [6.45, 7) is 15.7. The lowest BCUT2D eigenvalue weighted by Gasteiger charge is -2.36. The standard InChI is InChI=1S/C16H31N3O2/c1-15(2,3)11-13(20)18-7-9-19(10-8-18)14(21)17-12-16(4,5)6/h7-12H2,1-6H3,(H,17,21). The van der Waals surface area contributed by atoms with Crippen LogP contribution in [-0.2, 0) is 4.79 Å². The maximum Gasteiger partial charge on any atom is 0.317 e. The van der Waals surface area contributed by atoms with Crippen molar-refractivity contribution in [2.24, 2.45) is 10.8 Å². The molecule has 0 radical (unpaired) electrons. The van der Waals surface area contributed by atoms with E-state index in [1.165, 1.54) is 0 Å². The Hall–Kier alpha value is -1.26. The highest BCUT2D eigenvalue weighted by atomic mass is 16.2. The molecule has 1 N–H and O–H groups in total. The highest BCUT2D eigenvalue weighted by molar-refractivity contribution is 5.78. The van der Waals surface area contributed by atoms with Crippen LogP contribution in [0.3, 0.4) is 0 Å². The first-order valence-corrected chi connectivity index (χ1v) is 7.78. The summed E-state index contributed by atoms with van der Waals surface area (Å²) < 4.78 is 0. The molecule has 1 heterocycles. The molecule has 5 heteroatoms. The van der Waals surface area contributed by atoms with E-state index in [-0.39, 0.29) is 22.8 Å². The zero-order valence-corrected chi connectivity index (χ0v) is 14.5. The fourth-order valence-corrected chi connectivity index (χ4v) is 2.18. The summed E-state index contributed by atoms with van der Waals surface area (Å²) >= 11 is 0. The number of urea groups is 1. The van der Waals surface area contributed by atoms with Gasteiger partial charge in [0.15, 0.2) is 0 Å². The smallest absolute Gasteiger partial charge is 0.317 e. The molecule has 1 aliphatic rings. The van der Waals surface area contributed by atoms with Gasteiger partial charge in [0, 0.05) is 39.1 Å². The van der Waals surface area contributed by atoms with Crippen LogP contribution in [0, 0.1) is 10.8 Å². The monoisotopic (exact) mass is 297 g/mol. The van der Waals surface area contributed by atoms with Gasteiger partial charge in [0.2, 0.25) is 5.91 Å². The van der Waals surface area contributed by atoms with E-state index in [9.17, 15) is 9.59 Å². The van der Waals surface area contributed by atoms with Gasteiger partial charge in [0.05, 0.1) is 0 Å². The van der Waals surface area contributed by atoms with Crippen LogP contribution in [0.15, 0.2) is 0 Å². The van der Waals surface area contributed by atoms with Crippen LogP contribution in [0.2, 0.25) is 0 Å². The van der Waals surface area contributed by atoms with Gasteiger partial charge in [-0.25, -0.2) is 4.79 Å². The summed E-state index contributed by atoms with van der Waals surface area (Å²) in [7, 11) is 0. The first kappa shape index (κ1) is 17.8. The molecule has 0 saturated carbocycles. The minimum absolute atomic E-state index is 0.0122. The Morgan fingerprint density at radius 3 is 1.76 bits per heavy atom. The maximum absolute atomic E-state index is 12.2. The second-order valence-corrected chi connectivity index (χ2v) is 8.32. The number of amides is 3. The van der Waals surface area contributed by atoms with Crippen molar-refractivity contribution in [2.75, 3.05) is 32.7 Å². The number of rotatable bonds is 2. The Morgan fingerprint density at radius 1 is 0.857 bits per heavy atom. The largest absolute Gasteiger partial charge is 0.339 e. The third-order valence-corrected chi connectivity index (χ3v) is 3.37. The fourth-order valence-electron chi connectivity index (χ4n) is 2.18. The lowest BCUT2D eigenvalue weighted by Crippen LogP contribution is -2.54. The van der Waals surface area contributed by atoms with Gasteiger partial charge in [-0.15, -0.1) is 0 Å². The van der Waals surface area contributed by atoms with Gasteiger partial charge >= 0.3 is 6.03 Å². The lowest BCUT2D eigenvalue weighted by atomic mass is 9.91. The molecule has 122 valence electrons. The highest BCUT2D eigenvalue weighted by Gasteiger charge is 2.27. The Kier molecular flexibility index (Phi) is 5.65. The molecule has 1 aliphatic heterocycles. The van der Waals surface area contributed by atoms with Gasteiger partial charge in [-0.2, -0.15) is 0 Å². The zero-order chi connectivity index (χ0) is 16.3. The van der Waals surface area contributed by atoms with Gasteiger partial charge in [0.1, 0.15) is 0 Å². The highest BCUT2D eigenvalue weighted by Crippen LogP contribution is 2.20. The molecule has 0 spiro atoms. The molecule has 0 aromatic carbocycles. The van der Waals surface area contributed by atoms with Crippen LogP contribution < -0.4 is 5.32 Å². The number of carbonyl (C=O) groups excluding carboxylic acids is 2. The number of piperazine rings is 1. The number of hydrogen-bond acceptors (Lipinski definition) is 2. The summed E-state index contributed by atoms with van der Waals surface area (Å²) in [6.07, 6.45) is 0.559. The summed E-state index contributed by atoms with van der Waals surface area (Å²) in [5.74, 6) is 0.192. The van der Waals surface area contributed by atoms with Crippen molar-refractivity contribution in [1.29, 1.82) is 0 Å². The molecule has 5 nitrogen and oxygen atoms in total. The van der Waals surface area contributed by atoms with E-state index in [2.05, 4.69) is 46.9 Å². The number of nitrogens with one attached hydrogen (secondary N) is 1. The molecule has 21 heavy (non-hydrogen) atoms. The molecule has 0 aliphatic carbocycles. The first-order chi connectivity index (χ1) is 9.48. The predicted molar refractivity (Wildman–Crippen MR) is 85.1 cm³/mol. The third-order valence-electron chi connectivity index (χ3n) is 3.37. The molecule has 1 rings (SSSR count). The minimum Gasteiger partial charge on any atom is -0.339 e. The second kappa shape index (κ2) is 6.67. The van der Waals surface area contributed by atoms with Gasteiger partial charge < -0.3 is 15.1 Å². The fraction of sp³-hybridized carbons (Fsp3) is 0.875. The Labute approximate surface area is 129 Å². The average molecular weight is 297 g/mol. The molecule has 0 atom stereocenters. The van der Waals surface area contributed by atoms with Crippen molar-refractivity contribution < 1.29 is 9.59 Å². The Bertz CT molecular complexity index is 372. The topological polar surface area (TPSA) is 52.7 Å². The van der Waals surface area contributed by atoms with Crippen LogP contribution in [0.1, 0.15) is 48.0 Å². The van der Waals surface area contributed by atoms with Crippen LogP contribution in [-0.4, -0.2) is 54.5 Å². The normalized spacial score (nSPS) is 16.9. The summed E-state index contributed by atoms with van der Waals surface area (Å²) in [5.41, 5.74) is 0.0957. The summed E-state index contributed by atoms with van der Waals surface area (Å²) in [4.78, 5) is 27.9. The molecule has 1 saturated heterocycles. The molecular weight excluding hydrogens is 266 g/mol. The predicted octanol–water partition coefficient (Wildman–Crippen LogP) is 2.32. The molecule has 1 fully saturated rings.